The number of amides is 1. The molecule has 0 saturated carbocycles. The van der Waals surface area contributed by atoms with Crippen LogP contribution in [0.5, 0.6) is 5.75 Å². The predicted octanol–water partition coefficient (Wildman–Crippen LogP) is 2.50. The Hall–Kier alpha value is -4.72. The van der Waals surface area contributed by atoms with Gasteiger partial charge in [-0.05, 0) is 24.6 Å². The number of carbonyl (C=O) groups is 1. The molecule has 2 unspecified atom stereocenters. The fraction of sp³-hybridized carbons (Fsp3) is 0.217. The van der Waals surface area contributed by atoms with Crippen molar-refractivity contribution < 1.29 is 14.4 Å². The molecule has 3 heterocycles. The van der Waals surface area contributed by atoms with Crippen molar-refractivity contribution in [2.24, 2.45) is 7.05 Å². The first-order chi connectivity index (χ1) is 16.3. The Morgan fingerprint density at radius 2 is 2.06 bits per heavy atom. The Morgan fingerprint density at radius 1 is 1.29 bits per heavy atom. The number of nitrogens with zero attached hydrogens (tertiary/aromatic N) is 6. The predicted molar refractivity (Wildman–Crippen MR) is 120 cm³/mol. The molecule has 0 fully saturated rings. The van der Waals surface area contributed by atoms with Crippen molar-refractivity contribution in [3.63, 3.8) is 0 Å². The Balaban J connectivity index is 1.87. The quantitative estimate of drug-likeness (QED) is 0.446. The Bertz CT molecular complexity index is 1450. The summed E-state index contributed by atoms with van der Waals surface area (Å²) in [4.78, 5) is 30.0. The first kappa shape index (κ1) is 22.5. The van der Waals surface area contributed by atoms with E-state index in [1.807, 2.05) is 32.0 Å². The largest absolute Gasteiger partial charge is 0.501 e. The fourth-order valence-electron chi connectivity index (χ4n) is 3.91. The molecule has 4 aromatic rings. The highest BCUT2D eigenvalue weighted by molar-refractivity contribution is 6.04. The number of aryl methyl sites for hydroxylation is 1. The standard InChI is InChI=1S/C23H21N7O4/c1-13-8-9-25-30(13)19(17-7-5-4-6-15(17)10-24)14(2)21-28-18(20(31)23(33)29(21)3)22(32)27-16-11-26-34-12-16/h4-9,11-12,14,19,31H,1-3H3,(H,27,32). The molecule has 34 heavy (non-hydrogen) atoms. The molecule has 2 N–H and O–H groups in total. The number of hydrogen-bond acceptors (Lipinski definition) is 8. The summed E-state index contributed by atoms with van der Waals surface area (Å²) in [5.74, 6) is -1.88. The van der Waals surface area contributed by atoms with Crippen LogP contribution in [0.3, 0.4) is 0 Å². The summed E-state index contributed by atoms with van der Waals surface area (Å²) in [5.41, 5.74) is 0.992. The van der Waals surface area contributed by atoms with Crippen LogP contribution < -0.4 is 10.9 Å². The van der Waals surface area contributed by atoms with Crippen LogP contribution in [0.1, 0.15) is 52.0 Å². The minimum atomic E-state index is -0.795. The van der Waals surface area contributed by atoms with Crippen LogP contribution in [0.15, 0.2) is 58.3 Å². The Morgan fingerprint density at radius 3 is 2.71 bits per heavy atom. The van der Waals surface area contributed by atoms with E-state index >= 15 is 0 Å². The van der Waals surface area contributed by atoms with Crippen LogP contribution in [0.25, 0.3) is 0 Å². The van der Waals surface area contributed by atoms with E-state index < -0.39 is 34.9 Å². The van der Waals surface area contributed by atoms with Crippen molar-refractivity contribution >= 4 is 11.6 Å². The van der Waals surface area contributed by atoms with E-state index in [-0.39, 0.29) is 11.5 Å². The second-order valence-corrected chi connectivity index (χ2v) is 7.75. The summed E-state index contributed by atoms with van der Waals surface area (Å²) in [5, 5.41) is 30.5. The van der Waals surface area contributed by atoms with Gasteiger partial charge in [0.2, 0.25) is 5.75 Å². The molecule has 0 radical (unpaired) electrons. The second-order valence-electron chi connectivity index (χ2n) is 7.75. The Kier molecular flexibility index (Phi) is 5.97. The van der Waals surface area contributed by atoms with Crippen molar-refractivity contribution in [3.05, 3.63) is 87.7 Å². The summed E-state index contributed by atoms with van der Waals surface area (Å²) < 4.78 is 7.63. The van der Waals surface area contributed by atoms with Crippen LogP contribution in [-0.4, -0.2) is 35.5 Å². The average Bonchev–Trinajstić information content (AvgIpc) is 3.50. The molecule has 172 valence electrons. The minimum Gasteiger partial charge on any atom is -0.501 e. The van der Waals surface area contributed by atoms with Crippen LogP contribution in [-0.2, 0) is 7.05 Å². The van der Waals surface area contributed by atoms with Crippen molar-refractivity contribution in [3.8, 4) is 11.8 Å². The van der Waals surface area contributed by atoms with Gasteiger partial charge in [0.15, 0.2) is 5.69 Å². The van der Waals surface area contributed by atoms with Crippen molar-refractivity contribution in [2.45, 2.75) is 25.8 Å². The van der Waals surface area contributed by atoms with Gasteiger partial charge in [-0.2, -0.15) is 10.4 Å². The van der Waals surface area contributed by atoms with Gasteiger partial charge in [0.1, 0.15) is 17.8 Å². The third-order valence-electron chi connectivity index (χ3n) is 5.62. The highest BCUT2D eigenvalue weighted by Crippen LogP contribution is 2.35. The number of carbonyl (C=O) groups excluding carboxylic acids is 1. The lowest BCUT2D eigenvalue weighted by Crippen LogP contribution is -2.31. The number of benzene rings is 1. The van der Waals surface area contributed by atoms with Crippen LogP contribution in [0, 0.1) is 18.3 Å². The van der Waals surface area contributed by atoms with Gasteiger partial charge in [-0.1, -0.05) is 30.3 Å². The number of anilines is 1. The molecule has 0 aliphatic rings. The monoisotopic (exact) mass is 459 g/mol. The highest BCUT2D eigenvalue weighted by atomic mass is 16.5. The van der Waals surface area contributed by atoms with E-state index in [0.717, 1.165) is 5.69 Å². The molecule has 3 aromatic heterocycles. The van der Waals surface area contributed by atoms with E-state index in [1.54, 1.807) is 23.0 Å². The number of hydrogen-bond donors (Lipinski definition) is 2. The maximum Gasteiger partial charge on any atom is 0.296 e. The molecular weight excluding hydrogens is 438 g/mol. The topological polar surface area (TPSA) is 152 Å². The van der Waals surface area contributed by atoms with Gasteiger partial charge in [-0.25, -0.2) is 4.98 Å². The van der Waals surface area contributed by atoms with E-state index in [1.165, 1.54) is 24.1 Å². The number of nitriles is 1. The lowest BCUT2D eigenvalue weighted by atomic mass is 9.90. The van der Waals surface area contributed by atoms with Gasteiger partial charge in [0, 0.05) is 24.9 Å². The van der Waals surface area contributed by atoms with Gasteiger partial charge in [-0.15, -0.1) is 0 Å². The number of rotatable bonds is 6. The van der Waals surface area contributed by atoms with Gasteiger partial charge in [0.05, 0.1) is 23.9 Å². The third kappa shape index (κ3) is 3.93. The van der Waals surface area contributed by atoms with E-state index in [0.29, 0.717) is 11.1 Å². The molecule has 4 rings (SSSR count). The second kappa shape index (κ2) is 9.03. The van der Waals surface area contributed by atoms with Crippen LogP contribution in [0.4, 0.5) is 5.69 Å². The van der Waals surface area contributed by atoms with E-state index in [9.17, 15) is 20.0 Å². The van der Waals surface area contributed by atoms with Gasteiger partial charge in [0.25, 0.3) is 11.5 Å². The molecule has 11 heteroatoms. The molecule has 11 nitrogen and oxygen atoms in total. The van der Waals surface area contributed by atoms with E-state index in [2.05, 4.69) is 26.6 Å². The van der Waals surface area contributed by atoms with Crippen molar-refractivity contribution in [1.29, 1.82) is 5.26 Å². The zero-order valence-electron chi connectivity index (χ0n) is 18.6. The average molecular weight is 459 g/mol. The maximum absolute atomic E-state index is 12.8. The summed E-state index contributed by atoms with van der Waals surface area (Å²) >= 11 is 0. The zero-order valence-corrected chi connectivity index (χ0v) is 18.6. The first-order valence-electron chi connectivity index (χ1n) is 10.3. The molecule has 1 aromatic carbocycles. The summed E-state index contributed by atoms with van der Waals surface area (Å²) in [6.07, 6.45) is 4.12. The van der Waals surface area contributed by atoms with Crippen LogP contribution in [0.2, 0.25) is 0 Å². The molecule has 0 aliphatic carbocycles. The summed E-state index contributed by atoms with van der Waals surface area (Å²) in [6, 6.07) is 10.6. The van der Waals surface area contributed by atoms with Gasteiger partial charge >= 0.3 is 0 Å². The number of aromatic nitrogens is 5. The SMILES string of the molecule is Cc1ccnn1C(c1ccccc1C#N)C(C)c1nc(C(=O)Nc2cnoc2)c(O)c(=O)n1C. The fourth-order valence-corrected chi connectivity index (χ4v) is 3.91. The number of nitrogens with one attached hydrogen (secondary N) is 1. The molecule has 0 saturated heterocycles. The van der Waals surface area contributed by atoms with Gasteiger partial charge < -0.3 is 14.9 Å². The van der Waals surface area contributed by atoms with E-state index in [4.69, 9.17) is 4.52 Å². The lowest BCUT2D eigenvalue weighted by Gasteiger charge is -2.28. The summed E-state index contributed by atoms with van der Waals surface area (Å²) in [7, 11) is 1.46. The molecular formula is C23H21N7O4. The molecule has 0 bridgehead atoms. The van der Waals surface area contributed by atoms with Crippen LogP contribution >= 0.6 is 0 Å². The molecule has 0 aliphatic heterocycles. The summed E-state index contributed by atoms with van der Waals surface area (Å²) in [6.45, 7) is 3.70. The Labute approximate surface area is 193 Å². The lowest BCUT2D eigenvalue weighted by molar-refractivity contribution is 0.101. The maximum atomic E-state index is 12.8. The zero-order chi connectivity index (χ0) is 24.4. The third-order valence-corrected chi connectivity index (χ3v) is 5.62. The van der Waals surface area contributed by atoms with Crippen molar-refractivity contribution in [2.75, 3.05) is 5.32 Å². The van der Waals surface area contributed by atoms with Gasteiger partial charge in [-0.3, -0.25) is 18.8 Å². The normalized spacial score (nSPS) is 12.6. The smallest absolute Gasteiger partial charge is 0.296 e. The minimum absolute atomic E-state index is 0.228. The first-order valence-corrected chi connectivity index (χ1v) is 10.3. The van der Waals surface area contributed by atoms with Crippen molar-refractivity contribution in [1.82, 2.24) is 24.5 Å². The molecule has 0 spiro atoms. The number of aromatic hydroxyl groups is 1. The highest BCUT2D eigenvalue weighted by Gasteiger charge is 2.31. The molecule has 2 atom stereocenters. The molecule has 1 amide bonds.